The van der Waals surface area contributed by atoms with Crippen LogP contribution in [0.2, 0.25) is 5.02 Å². The third-order valence-electron chi connectivity index (χ3n) is 5.42. The summed E-state index contributed by atoms with van der Waals surface area (Å²) in [7, 11) is 0. The van der Waals surface area contributed by atoms with Crippen LogP contribution < -0.4 is 10.9 Å². The number of hydrogen-bond donors (Lipinski definition) is 1. The van der Waals surface area contributed by atoms with Crippen molar-refractivity contribution in [2.75, 3.05) is 38.2 Å². The quantitative estimate of drug-likeness (QED) is 0.385. The van der Waals surface area contributed by atoms with Gasteiger partial charge in [0.05, 0.1) is 34.4 Å². The molecule has 174 valence electrons. The van der Waals surface area contributed by atoms with Crippen molar-refractivity contribution in [2.24, 2.45) is 0 Å². The van der Waals surface area contributed by atoms with E-state index in [1.165, 1.54) is 18.0 Å². The molecule has 1 aliphatic heterocycles. The first-order valence-electron chi connectivity index (χ1n) is 10.9. The summed E-state index contributed by atoms with van der Waals surface area (Å²) >= 11 is 7.13. The Morgan fingerprint density at radius 2 is 2.00 bits per heavy atom. The van der Waals surface area contributed by atoms with Crippen molar-refractivity contribution >= 4 is 46.0 Å². The Balaban J connectivity index is 1.51. The number of pyridine rings is 1. The van der Waals surface area contributed by atoms with Gasteiger partial charge in [0.25, 0.3) is 5.56 Å². The summed E-state index contributed by atoms with van der Waals surface area (Å²) in [5, 5.41) is 3.91. The molecule has 1 N–H and O–H groups in total. The van der Waals surface area contributed by atoms with Crippen molar-refractivity contribution < 1.29 is 9.53 Å². The zero-order chi connectivity index (χ0) is 23.2. The predicted molar refractivity (Wildman–Crippen MR) is 131 cm³/mol. The third-order valence-corrected chi connectivity index (χ3v) is 6.73. The molecule has 3 aromatic rings. The highest BCUT2D eigenvalue weighted by Crippen LogP contribution is 2.24. The number of aromatic nitrogens is 3. The van der Waals surface area contributed by atoms with E-state index in [2.05, 4.69) is 15.2 Å². The lowest BCUT2D eigenvalue weighted by molar-refractivity contribution is -0.115. The minimum atomic E-state index is -0.485. The Morgan fingerprint density at radius 1 is 1.21 bits per heavy atom. The van der Waals surface area contributed by atoms with Gasteiger partial charge in [-0.2, -0.15) is 0 Å². The number of morpholine rings is 1. The fourth-order valence-corrected chi connectivity index (χ4v) is 4.65. The molecule has 0 bridgehead atoms. The zero-order valence-electron chi connectivity index (χ0n) is 18.4. The van der Waals surface area contributed by atoms with E-state index in [9.17, 15) is 9.59 Å². The van der Waals surface area contributed by atoms with E-state index < -0.39 is 5.25 Å². The van der Waals surface area contributed by atoms with E-state index in [-0.39, 0.29) is 11.5 Å². The number of halogens is 1. The molecule has 3 heterocycles. The summed E-state index contributed by atoms with van der Waals surface area (Å²) in [6, 6.07) is 10.6. The summed E-state index contributed by atoms with van der Waals surface area (Å²) in [4.78, 5) is 37.2. The summed E-state index contributed by atoms with van der Waals surface area (Å²) in [5.74, 6) is 0.198. The maximum absolute atomic E-state index is 13.3. The Kier molecular flexibility index (Phi) is 7.97. The van der Waals surface area contributed by atoms with Crippen molar-refractivity contribution in [1.82, 2.24) is 19.4 Å². The molecule has 33 heavy (non-hydrogen) atoms. The van der Waals surface area contributed by atoms with Gasteiger partial charge in [-0.15, -0.1) is 0 Å². The van der Waals surface area contributed by atoms with Gasteiger partial charge in [-0.05, 0) is 37.6 Å². The molecule has 0 aliphatic carbocycles. The second-order valence-corrected chi connectivity index (χ2v) is 9.53. The Bertz CT molecular complexity index is 1160. The van der Waals surface area contributed by atoms with Gasteiger partial charge in [0.1, 0.15) is 5.82 Å². The lowest BCUT2D eigenvalue weighted by Crippen LogP contribution is -2.37. The SMILES string of the molecule is C[C@H](Sc1nc2ccccc2c(=O)n1CCCN1CCOCC1)C(=O)Nc1ccc(Cl)cn1. The van der Waals surface area contributed by atoms with Crippen LogP contribution in [0.15, 0.2) is 52.5 Å². The molecule has 1 saturated heterocycles. The number of benzene rings is 1. The number of hydrogen-bond acceptors (Lipinski definition) is 7. The van der Waals surface area contributed by atoms with Gasteiger partial charge in [0.15, 0.2) is 5.16 Å². The second-order valence-electron chi connectivity index (χ2n) is 7.79. The molecule has 1 fully saturated rings. The third kappa shape index (κ3) is 6.11. The number of anilines is 1. The molecular formula is C23H26ClN5O3S. The minimum Gasteiger partial charge on any atom is -0.379 e. The fraction of sp³-hybridized carbons (Fsp3) is 0.391. The summed E-state index contributed by atoms with van der Waals surface area (Å²) in [6.45, 7) is 6.50. The topological polar surface area (TPSA) is 89.4 Å². The largest absolute Gasteiger partial charge is 0.379 e. The average Bonchev–Trinajstić information content (AvgIpc) is 2.83. The van der Waals surface area contributed by atoms with E-state index in [1.54, 1.807) is 29.7 Å². The summed E-state index contributed by atoms with van der Waals surface area (Å²) in [5.41, 5.74) is 0.540. The van der Waals surface area contributed by atoms with Crippen LogP contribution >= 0.6 is 23.4 Å². The van der Waals surface area contributed by atoms with Gasteiger partial charge in [-0.25, -0.2) is 9.97 Å². The highest BCUT2D eigenvalue weighted by Gasteiger charge is 2.20. The monoisotopic (exact) mass is 487 g/mol. The fourth-order valence-electron chi connectivity index (χ4n) is 3.60. The Labute approximate surface area is 201 Å². The van der Waals surface area contributed by atoms with E-state index in [0.717, 1.165) is 39.3 Å². The maximum atomic E-state index is 13.3. The van der Waals surface area contributed by atoms with Crippen LogP contribution in [-0.4, -0.2) is 63.4 Å². The summed E-state index contributed by atoms with van der Waals surface area (Å²) < 4.78 is 7.10. The van der Waals surface area contributed by atoms with E-state index in [0.29, 0.717) is 33.4 Å². The Morgan fingerprint density at radius 3 is 2.76 bits per heavy atom. The lowest BCUT2D eigenvalue weighted by Gasteiger charge is -2.26. The number of para-hydroxylation sites is 1. The molecule has 2 aromatic heterocycles. The van der Waals surface area contributed by atoms with Crippen LogP contribution in [0.5, 0.6) is 0 Å². The van der Waals surface area contributed by atoms with Gasteiger partial charge in [-0.1, -0.05) is 35.5 Å². The molecule has 0 saturated carbocycles. The van der Waals surface area contributed by atoms with Crippen LogP contribution in [-0.2, 0) is 16.1 Å². The second kappa shape index (κ2) is 11.1. The zero-order valence-corrected chi connectivity index (χ0v) is 19.9. The van der Waals surface area contributed by atoms with Crippen molar-refractivity contribution in [2.45, 2.75) is 30.3 Å². The first kappa shape index (κ1) is 23.7. The predicted octanol–water partition coefficient (Wildman–Crippen LogP) is 3.29. The molecule has 0 spiro atoms. The molecule has 1 amide bonds. The van der Waals surface area contributed by atoms with Crippen LogP contribution in [0.1, 0.15) is 13.3 Å². The molecular weight excluding hydrogens is 462 g/mol. The highest BCUT2D eigenvalue weighted by atomic mass is 35.5. The van der Waals surface area contributed by atoms with Gasteiger partial charge >= 0.3 is 0 Å². The van der Waals surface area contributed by atoms with Crippen LogP contribution in [0.25, 0.3) is 10.9 Å². The van der Waals surface area contributed by atoms with E-state index >= 15 is 0 Å². The average molecular weight is 488 g/mol. The molecule has 0 unspecified atom stereocenters. The molecule has 1 aliphatic rings. The number of ether oxygens (including phenoxy) is 1. The van der Waals surface area contributed by atoms with Crippen molar-refractivity contribution in [3.8, 4) is 0 Å². The van der Waals surface area contributed by atoms with Crippen LogP contribution in [0.4, 0.5) is 5.82 Å². The van der Waals surface area contributed by atoms with Gasteiger partial charge in [0.2, 0.25) is 5.91 Å². The van der Waals surface area contributed by atoms with Crippen molar-refractivity contribution in [3.63, 3.8) is 0 Å². The molecule has 1 atom stereocenters. The van der Waals surface area contributed by atoms with Gasteiger partial charge in [0, 0.05) is 32.4 Å². The number of fused-ring (bicyclic) bond motifs is 1. The number of nitrogens with zero attached hydrogens (tertiary/aromatic N) is 4. The van der Waals surface area contributed by atoms with Gasteiger partial charge in [-0.3, -0.25) is 19.1 Å². The highest BCUT2D eigenvalue weighted by molar-refractivity contribution is 8.00. The number of thioether (sulfide) groups is 1. The molecule has 0 radical (unpaired) electrons. The minimum absolute atomic E-state index is 0.0861. The maximum Gasteiger partial charge on any atom is 0.262 e. The normalized spacial score (nSPS) is 15.5. The first-order chi connectivity index (χ1) is 16.0. The van der Waals surface area contributed by atoms with E-state index in [1.807, 2.05) is 18.2 Å². The Hall–Kier alpha value is -2.46. The number of amides is 1. The summed E-state index contributed by atoms with van der Waals surface area (Å²) in [6.07, 6.45) is 2.29. The number of nitrogens with one attached hydrogen (secondary N) is 1. The van der Waals surface area contributed by atoms with E-state index in [4.69, 9.17) is 21.3 Å². The van der Waals surface area contributed by atoms with Crippen LogP contribution in [0.3, 0.4) is 0 Å². The molecule has 8 nitrogen and oxygen atoms in total. The number of carbonyl (C=O) groups is 1. The molecule has 1 aromatic carbocycles. The molecule has 10 heteroatoms. The lowest BCUT2D eigenvalue weighted by atomic mass is 10.2. The standard InChI is InChI=1S/C23H26ClN5O3S/c1-16(21(30)27-20-8-7-17(24)15-25-20)33-23-26-19-6-3-2-5-18(19)22(31)29(23)10-4-9-28-11-13-32-14-12-28/h2-3,5-8,15-16H,4,9-14H2,1H3,(H,25,27,30)/t16-/m0/s1. The first-order valence-corrected chi connectivity index (χ1v) is 12.2. The molecule has 4 rings (SSSR count). The smallest absolute Gasteiger partial charge is 0.262 e. The number of rotatable bonds is 8. The van der Waals surface area contributed by atoms with Crippen molar-refractivity contribution in [1.29, 1.82) is 0 Å². The van der Waals surface area contributed by atoms with Crippen LogP contribution in [0, 0.1) is 0 Å². The number of carbonyl (C=O) groups excluding carboxylic acids is 1. The van der Waals surface area contributed by atoms with Gasteiger partial charge < -0.3 is 10.1 Å². The van der Waals surface area contributed by atoms with Crippen molar-refractivity contribution in [3.05, 3.63) is 58.0 Å².